The maximum Gasteiger partial charge on any atom is 0.309 e. The SMILES string of the molecule is O=C1CCO1.c1ccc(Cn2c3ccccc3c3ccccc32)cc1. The minimum Gasteiger partial charge on any atom is -0.465 e. The van der Waals surface area contributed by atoms with Gasteiger partial charge in [-0.05, 0) is 17.7 Å². The smallest absolute Gasteiger partial charge is 0.309 e. The lowest BCUT2D eigenvalue weighted by Crippen LogP contribution is -2.18. The molecular weight excluding hydrogens is 310 g/mol. The van der Waals surface area contributed by atoms with Crippen LogP contribution in [-0.2, 0) is 16.1 Å². The molecule has 124 valence electrons. The molecule has 0 aliphatic carbocycles. The number of carbonyl (C=O) groups is 1. The van der Waals surface area contributed by atoms with Crippen molar-refractivity contribution in [3.8, 4) is 0 Å². The number of fused-ring (bicyclic) bond motifs is 3. The van der Waals surface area contributed by atoms with Crippen LogP contribution in [-0.4, -0.2) is 17.1 Å². The lowest BCUT2D eigenvalue weighted by molar-refractivity contribution is -0.157. The third-order valence-electron chi connectivity index (χ3n) is 4.43. The van der Waals surface area contributed by atoms with Crippen molar-refractivity contribution in [2.45, 2.75) is 13.0 Å². The van der Waals surface area contributed by atoms with E-state index in [9.17, 15) is 4.79 Å². The maximum absolute atomic E-state index is 9.68. The molecular formula is C22H19NO2. The van der Waals surface area contributed by atoms with Crippen molar-refractivity contribution in [1.29, 1.82) is 0 Å². The summed E-state index contributed by atoms with van der Waals surface area (Å²) in [4.78, 5) is 9.68. The molecule has 0 N–H and O–H groups in total. The first-order valence-electron chi connectivity index (χ1n) is 8.48. The highest BCUT2D eigenvalue weighted by molar-refractivity contribution is 6.08. The Morgan fingerprint density at radius 2 is 1.24 bits per heavy atom. The minimum atomic E-state index is -0.0648. The van der Waals surface area contributed by atoms with Gasteiger partial charge in [-0.15, -0.1) is 0 Å². The van der Waals surface area contributed by atoms with Crippen LogP contribution < -0.4 is 0 Å². The molecule has 1 aromatic heterocycles. The van der Waals surface area contributed by atoms with E-state index in [1.165, 1.54) is 27.4 Å². The first-order valence-corrected chi connectivity index (χ1v) is 8.48. The van der Waals surface area contributed by atoms with Crippen LogP contribution in [0.5, 0.6) is 0 Å². The van der Waals surface area contributed by atoms with E-state index >= 15 is 0 Å². The van der Waals surface area contributed by atoms with Gasteiger partial charge in [0.1, 0.15) is 6.61 Å². The van der Waals surface area contributed by atoms with Crippen LogP contribution >= 0.6 is 0 Å². The van der Waals surface area contributed by atoms with Crippen LogP contribution in [0.25, 0.3) is 21.8 Å². The van der Waals surface area contributed by atoms with E-state index in [2.05, 4.69) is 88.2 Å². The Balaban J connectivity index is 0.000000272. The van der Waals surface area contributed by atoms with E-state index in [-0.39, 0.29) is 5.97 Å². The van der Waals surface area contributed by atoms with Gasteiger partial charge in [0.05, 0.1) is 6.42 Å². The van der Waals surface area contributed by atoms with Gasteiger partial charge in [0.25, 0.3) is 0 Å². The number of ether oxygens (including phenoxy) is 1. The summed E-state index contributed by atoms with van der Waals surface area (Å²) in [6.07, 6.45) is 0.625. The van der Waals surface area contributed by atoms with Gasteiger partial charge < -0.3 is 9.30 Å². The summed E-state index contributed by atoms with van der Waals surface area (Å²) in [5.74, 6) is -0.0648. The van der Waals surface area contributed by atoms with Crippen LogP contribution in [0, 0.1) is 0 Å². The maximum atomic E-state index is 9.68. The number of carbonyl (C=O) groups excluding carboxylic acids is 1. The average molecular weight is 329 g/mol. The van der Waals surface area contributed by atoms with E-state index in [0.29, 0.717) is 13.0 Å². The van der Waals surface area contributed by atoms with Crippen molar-refractivity contribution >= 4 is 27.8 Å². The van der Waals surface area contributed by atoms with E-state index in [1.807, 2.05) is 0 Å². The Morgan fingerprint density at radius 1 is 0.760 bits per heavy atom. The van der Waals surface area contributed by atoms with Crippen molar-refractivity contribution in [2.75, 3.05) is 6.61 Å². The van der Waals surface area contributed by atoms with E-state index in [1.54, 1.807) is 0 Å². The zero-order valence-electron chi connectivity index (χ0n) is 13.9. The van der Waals surface area contributed by atoms with E-state index in [4.69, 9.17) is 0 Å². The number of aromatic nitrogens is 1. The van der Waals surface area contributed by atoms with Crippen LogP contribution in [0.2, 0.25) is 0 Å². The fraction of sp³-hybridized carbons (Fsp3) is 0.136. The third-order valence-corrected chi connectivity index (χ3v) is 4.43. The summed E-state index contributed by atoms with van der Waals surface area (Å²) in [6.45, 7) is 1.55. The molecule has 0 radical (unpaired) electrons. The highest BCUT2D eigenvalue weighted by Gasteiger charge is 2.11. The number of hydrogen-bond donors (Lipinski definition) is 0. The highest BCUT2D eigenvalue weighted by Crippen LogP contribution is 2.29. The average Bonchev–Trinajstić information content (AvgIpc) is 2.96. The lowest BCUT2D eigenvalue weighted by atomic mass is 10.2. The lowest BCUT2D eigenvalue weighted by Gasteiger charge is -2.09. The van der Waals surface area contributed by atoms with E-state index in [0.717, 1.165) is 6.54 Å². The zero-order valence-corrected chi connectivity index (χ0v) is 13.9. The van der Waals surface area contributed by atoms with Crippen LogP contribution in [0.4, 0.5) is 0 Å². The standard InChI is InChI=1S/C19H15N.C3H4O2/c1-2-8-15(9-3-1)14-20-18-12-6-4-10-16(18)17-11-5-7-13-19(17)20;4-3-1-2-5-3/h1-13H,14H2;1-2H2. The Kier molecular flexibility index (Phi) is 4.21. The van der Waals surface area contributed by atoms with Crippen molar-refractivity contribution in [3.05, 3.63) is 84.4 Å². The van der Waals surface area contributed by atoms with Gasteiger partial charge in [-0.25, -0.2) is 0 Å². The van der Waals surface area contributed by atoms with Gasteiger partial charge in [0.2, 0.25) is 0 Å². The fourth-order valence-corrected chi connectivity index (χ4v) is 3.13. The van der Waals surface area contributed by atoms with E-state index < -0.39 is 0 Å². The second kappa shape index (κ2) is 6.81. The Labute approximate surface area is 146 Å². The Morgan fingerprint density at radius 3 is 1.72 bits per heavy atom. The number of rotatable bonds is 2. The molecule has 25 heavy (non-hydrogen) atoms. The van der Waals surface area contributed by atoms with Gasteiger partial charge in [-0.2, -0.15) is 0 Å². The van der Waals surface area contributed by atoms with Gasteiger partial charge in [0.15, 0.2) is 0 Å². The normalized spacial score (nSPS) is 13.0. The van der Waals surface area contributed by atoms with Gasteiger partial charge in [-0.3, -0.25) is 4.79 Å². The van der Waals surface area contributed by atoms with Crippen molar-refractivity contribution in [1.82, 2.24) is 4.57 Å². The second-order valence-corrected chi connectivity index (χ2v) is 6.08. The quantitative estimate of drug-likeness (QED) is 0.496. The number of para-hydroxylation sites is 2. The molecule has 0 unspecified atom stereocenters. The van der Waals surface area contributed by atoms with Crippen molar-refractivity contribution in [2.24, 2.45) is 0 Å². The largest absolute Gasteiger partial charge is 0.465 e. The summed E-state index contributed by atoms with van der Waals surface area (Å²) in [6, 6.07) is 27.9. The summed E-state index contributed by atoms with van der Waals surface area (Å²) in [7, 11) is 0. The van der Waals surface area contributed by atoms with Gasteiger partial charge in [-0.1, -0.05) is 66.7 Å². The molecule has 3 heteroatoms. The molecule has 1 saturated heterocycles. The predicted octanol–water partition coefficient (Wildman–Crippen LogP) is 4.78. The monoisotopic (exact) mass is 329 g/mol. The molecule has 1 aliphatic rings. The summed E-state index contributed by atoms with van der Waals surface area (Å²) >= 11 is 0. The topological polar surface area (TPSA) is 31.2 Å². The molecule has 0 atom stereocenters. The Bertz CT molecular complexity index is 959. The first kappa shape index (κ1) is 15.5. The molecule has 0 amide bonds. The van der Waals surface area contributed by atoms with Crippen molar-refractivity contribution < 1.29 is 9.53 Å². The molecule has 2 heterocycles. The van der Waals surface area contributed by atoms with Gasteiger partial charge >= 0.3 is 5.97 Å². The minimum absolute atomic E-state index is 0.0648. The summed E-state index contributed by atoms with van der Waals surface area (Å²) in [5, 5.41) is 2.66. The van der Waals surface area contributed by atoms with Crippen LogP contribution in [0.15, 0.2) is 78.9 Å². The second-order valence-electron chi connectivity index (χ2n) is 6.08. The summed E-state index contributed by atoms with van der Waals surface area (Å²) in [5.41, 5.74) is 3.94. The number of cyclic esters (lactones) is 1. The molecule has 1 aliphatic heterocycles. The van der Waals surface area contributed by atoms with Crippen LogP contribution in [0.1, 0.15) is 12.0 Å². The molecule has 1 fully saturated rings. The van der Waals surface area contributed by atoms with Gasteiger partial charge in [0, 0.05) is 28.4 Å². The predicted molar refractivity (Wildman–Crippen MR) is 101 cm³/mol. The number of esters is 1. The summed E-state index contributed by atoms with van der Waals surface area (Å²) < 4.78 is 6.69. The molecule has 4 aromatic rings. The number of nitrogens with zero attached hydrogens (tertiary/aromatic N) is 1. The van der Waals surface area contributed by atoms with Crippen molar-refractivity contribution in [3.63, 3.8) is 0 Å². The molecule has 0 saturated carbocycles. The third kappa shape index (κ3) is 3.13. The molecule has 0 bridgehead atoms. The fourth-order valence-electron chi connectivity index (χ4n) is 3.13. The number of benzene rings is 3. The highest BCUT2D eigenvalue weighted by atomic mass is 16.6. The van der Waals surface area contributed by atoms with Crippen LogP contribution in [0.3, 0.4) is 0 Å². The molecule has 3 nitrogen and oxygen atoms in total. The molecule has 3 aromatic carbocycles. The first-order chi connectivity index (χ1) is 12.3. The number of hydrogen-bond acceptors (Lipinski definition) is 2. The Hall–Kier alpha value is -3.07. The molecule has 5 rings (SSSR count). The zero-order chi connectivity index (χ0) is 17.1. The molecule has 0 spiro atoms.